The number of aryl methyl sites for hydroxylation is 1. The third-order valence-electron chi connectivity index (χ3n) is 4.60. The van der Waals surface area contributed by atoms with E-state index in [2.05, 4.69) is 29.1 Å². The topological polar surface area (TPSA) is 76.7 Å². The van der Waals surface area contributed by atoms with Gasteiger partial charge in [0.25, 0.3) is 0 Å². The molecule has 0 spiro atoms. The fourth-order valence-corrected chi connectivity index (χ4v) is 4.79. The number of fused-ring (bicyclic) bond motifs is 5. The van der Waals surface area contributed by atoms with Crippen molar-refractivity contribution in [3.05, 3.63) is 23.1 Å². The summed E-state index contributed by atoms with van der Waals surface area (Å²) >= 11 is 1.71. The van der Waals surface area contributed by atoms with Crippen LogP contribution in [0.25, 0.3) is 20.4 Å². The summed E-state index contributed by atoms with van der Waals surface area (Å²) in [4.78, 5) is 15.2. The summed E-state index contributed by atoms with van der Waals surface area (Å²) in [5.41, 5.74) is 10.9. The minimum absolute atomic E-state index is 0.586. The van der Waals surface area contributed by atoms with Gasteiger partial charge in [-0.1, -0.05) is 13.8 Å². The molecule has 5 nitrogen and oxygen atoms in total. The molecule has 3 aromatic rings. The number of rotatable bonds is 5. The van der Waals surface area contributed by atoms with Crippen LogP contribution < -0.4 is 11.1 Å². The van der Waals surface area contributed by atoms with Gasteiger partial charge in [0.15, 0.2) is 0 Å². The van der Waals surface area contributed by atoms with Gasteiger partial charge in [-0.05, 0) is 42.7 Å². The average Bonchev–Trinajstić information content (AvgIpc) is 3.16. The van der Waals surface area contributed by atoms with Crippen LogP contribution in [-0.4, -0.2) is 28.0 Å². The molecule has 0 saturated heterocycles. The molecule has 0 unspecified atom stereocenters. The molecular formula is C18H23N5S. The molecular weight excluding hydrogens is 318 g/mol. The monoisotopic (exact) mass is 341 g/mol. The zero-order valence-electron chi connectivity index (χ0n) is 14.2. The Bertz CT molecular complexity index is 899. The first kappa shape index (κ1) is 15.7. The van der Waals surface area contributed by atoms with E-state index in [1.165, 1.54) is 28.6 Å². The number of anilines is 1. The van der Waals surface area contributed by atoms with Crippen LogP contribution in [0.5, 0.6) is 0 Å². The lowest BCUT2D eigenvalue weighted by molar-refractivity contribution is 0.632. The fourth-order valence-electron chi connectivity index (χ4n) is 3.65. The molecule has 0 aromatic carbocycles. The molecule has 4 rings (SSSR count). The van der Waals surface area contributed by atoms with Crippen molar-refractivity contribution in [3.63, 3.8) is 0 Å². The quantitative estimate of drug-likeness (QED) is 0.744. The Balaban J connectivity index is 1.96. The van der Waals surface area contributed by atoms with Crippen LogP contribution in [0.2, 0.25) is 0 Å². The second-order valence-electron chi connectivity index (χ2n) is 6.86. The molecule has 0 radical (unpaired) electrons. The number of aromatic nitrogens is 3. The molecule has 126 valence electrons. The van der Waals surface area contributed by atoms with Gasteiger partial charge in [-0.2, -0.15) is 0 Å². The molecule has 0 aliphatic heterocycles. The maximum atomic E-state index is 5.62. The summed E-state index contributed by atoms with van der Waals surface area (Å²) in [7, 11) is 0. The summed E-state index contributed by atoms with van der Waals surface area (Å²) < 4.78 is 1.10. The maximum absolute atomic E-state index is 5.62. The first-order valence-electron chi connectivity index (χ1n) is 8.70. The standard InChI is InChI=1S/C18H23N5S/c1-10(2)8-13-11-4-3-5-12(11)14-15-16(24-18(14)23-13)17(20-7-6-19)22-9-21-15/h9-10H,3-8,19H2,1-2H3,(H,20,21,22). The van der Waals surface area contributed by atoms with Gasteiger partial charge in [0.1, 0.15) is 17.0 Å². The van der Waals surface area contributed by atoms with Gasteiger partial charge in [-0.15, -0.1) is 11.3 Å². The van der Waals surface area contributed by atoms with Crippen LogP contribution >= 0.6 is 11.3 Å². The van der Waals surface area contributed by atoms with Crippen LogP contribution in [0.15, 0.2) is 6.33 Å². The summed E-state index contributed by atoms with van der Waals surface area (Å²) in [6.45, 7) is 5.82. The SMILES string of the molecule is CC(C)Cc1nc2sc3c(NCCN)ncnc3c2c2c1CCC2. The molecule has 1 aliphatic carbocycles. The first-order chi connectivity index (χ1) is 11.7. The van der Waals surface area contributed by atoms with E-state index in [1.807, 2.05) is 0 Å². The zero-order valence-corrected chi connectivity index (χ0v) is 15.0. The summed E-state index contributed by atoms with van der Waals surface area (Å²) in [5.74, 6) is 1.50. The number of hydrogen-bond acceptors (Lipinski definition) is 6. The minimum Gasteiger partial charge on any atom is -0.368 e. The third kappa shape index (κ3) is 2.54. The van der Waals surface area contributed by atoms with Gasteiger partial charge >= 0.3 is 0 Å². The van der Waals surface area contributed by atoms with Gasteiger partial charge in [-0.3, -0.25) is 0 Å². The van der Waals surface area contributed by atoms with Crippen molar-refractivity contribution < 1.29 is 0 Å². The average molecular weight is 341 g/mol. The number of nitrogens with two attached hydrogens (primary N) is 1. The highest BCUT2D eigenvalue weighted by Gasteiger charge is 2.24. The number of hydrogen-bond donors (Lipinski definition) is 2. The predicted octanol–water partition coefficient (Wildman–Crippen LogP) is 3.30. The Morgan fingerprint density at radius 2 is 2.08 bits per heavy atom. The molecule has 3 N–H and O–H groups in total. The Kier molecular flexibility index (Phi) is 4.10. The minimum atomic E-state index is 0.586. The van der Waals surface area contributed by atoms with E-state index in [4.69, 9.17) is 10.7 Å². The van der Waals surface area contributed by atoms with Gasteiger partial charge in [0.2, 0.25) is 0 Å². The number of thiophene rings is 1. The normalized spacial score (nSPS) is 14.0. The second kappa shape index (κ2) is 6.26. The summed E-state index contributed by atoms with van der Waals surface area (Å²) in [6.07, 6.45) is 6.22. The molecule has 6 heteroatoms. The smallest absolute Gasteiger partial charge is 0.147 e. The predicted molar refractivity (Wildman–Crippen MR) is 101 cm³/mol. The van der Waals surface area contributed by atoms with E-state index < -0.39 is 0 Å². The van der Waals surface area contributed by atoms with Gasteiger partial charge in [-0.25, -0.2) is 15.0 Å². The zero-order chi connectivity index (χ0) is 16.7. The number of nitrogens with zero attached hydrogens (tertiary/aromatic N) is 3. The molecule has 1 aliphatic rings. The highest BCUT2D eigenvalue weighted by Crippen LogP contribution is 2.41. The van der Waals surface area contributed by atoms with Crippen molar-refractivity contribution in [1.29, 1.82) is 0 Å². The lowest BCUT2D eigenvalue weighted by atomic mass is 9.99. The maximum Gasteiger partial charge on any atom is 0.147 e. The molecule has 0 saturated carbocycles. The van der Waals surface area contributed by atoms with Crippen molar-refractivity contribution in [1.82, 2.24) is 15.0 Å². The van der Waals surface area contributed by atoms with Gasteiger partial charge < -0.3 is 11.1 Å². The number of nitrogens with one attached hydrogen (secondary N) is 1. The Hall–Kier alpha value is -1.79. The van der Waals surface area contributed by atoms with E-state index in [1.54, 1.807) is 17.7 Å². The molecule has 0 atom stereocenters. The molecule has 0 amide bonds. The second-order valence-corrected chi connectivity index (χ2v) is 7.86. The molecule has 0 bridgehead atoms. The molecule has 3 heterocycles. The molecule has 3 aromatic heterocycles. The van der Waals surface area contributed by atoms with Gasteiger partial charge in [0, 0.05) is 24.2 Å². The Labute approximate surface area is 145 Å². The van der Waals surface area contributed by atoms with E-state index in [0.717, 1.165) is 40.1 Å². The molecule has 0 fully saturated rings. The van der Waals surface area contributed by atoms with Crippen LogP contribution in [0.3, 0.4) is 0 Å². The summed E-state index contributed by atoms with van der Waals surface area (Å²) in [6, 6.07) is 0. The van der Waals surface area contributed by atoms with E-state index in [0.29, 0.717) is 19.0 Å². The van der Waals surface area contributed by atoms with Crippen LogP contribution in [0.1, 0.15) is 37.1 Å². The largest absolute Gasteiger partial charge is 0.368 e. The van der Waals surface area contributed by atoms with E-state index in [-0.39, 0.29) is 0 Å². The van der Waals surface area contributed by atoms with E-state index >= 15 is 0 Å². The van der Waals surface area contributed by atoms with Crippen LogP contribution in [0.4, 0.5) is 5.82 Å². The highest BCUT2D eigenvalue weighted by molar-refractivity contribution is 7.26. The fraction of sp³-hybridized carbons (Fsp3) is 0.500. The van der Waals surface area contributed by atoms with E-state index in [9.17, 15) is 0 Å². The number of pyridine rings is 1. The van der Waals surface area contributed by atoms with Crippen molar-refractivity contribution in [2.45, 2.75) is 39.5 Å². The van der Waals surface area contributed by atoms with Crippen molar-refractivity contribution >= 4 is 37.6 Å². The Morgan fingerprint density at radius 1 is 1.25 bits per heavy atom. The van der Waals surface area contributed by atoms with Crippen molar-refractivity contribution in [3.8, 4) is 0 Å². The van der Waals surface area contributed by atoms with Crippen LogP contribution in [0, 0.1) is 5.92 Å². The van der Waals surface area contributed by atoms with Gasteiger partial charge in [0.05, 0.1) is 10.2 Å². The Morgan fingerprint density at radius 3 is 2.88 bits per heavy atom. The lowest BCUT2D eigenvalue weighted by Gasteiger charge is -2.11. The van der Waals surface area contributed by atoms with Crippen molar-refractivity contribution in [2.24, 2.45) is 11.7 Å². The third-order valence-corrected chi connectivity index (χ3v) is 5.68. The van der Waals surface area contributed by atoms with Crippen molar-refractivity contribution in [2.75, 3.05) is 18.4 Å². The highest BCUT2D eigenvalue weighted by atomic mass is 32.1. The molecule has 24 heavy (non-hydrogen) atoms. The first-order valence-corrected chi connectivity index (χ1v) is 9.52. The lowest BCUT2D eigenvalue weighted by Crippen LogP contribution is -2.13. The van der Waals surface area contributed by atoms with Crippen LogP contribution in [-0.2, 0) is 19.3 Å². The summed E-state index contributed by atoms with van der Waals surface area (Å²) in [5, 5.41) is 4.58.